The zero-order valence-corrected chi connectivity index (χ0v) is 12.4. The highest BCUT2D eigenvalue weighted by atomic mass is 16.3. The third-order valence-electron chi connectivity index (χ3n) is 3.87. The van der Waals surface area contributed by atoms with Crippen LogP contribution in [0.5, 0.6) is 5.75 Å². The predicted octanol–water partition coefficient (Wildman–Crippen LogP) is 4.77. The van der Waals surface area contributed by atoms with E-state index in [2.05, 4.69) is 37.4 Å². The number of rotatable bonds is 3. The smallest absolute Gasteiger partial charge is 0.123 e. The Morgan fingerprint density at radius 3 is 2.52 bits per heavy atom. The number of fused-ring (bicyclic) bond motifs is 1. The van der Waals surface area contributed by atoms with Crippen molar-refractivity contribution in [1.29, 1.82) is 0 Å². The van der Waals surface area contributed by atoms with E-state index in [-0.39, 0.29) is 0 Å². The van der Waals surface area contributed by atoms with Crippen molar-refractivity contribution in [3.05, 3.63) is 71.3 Å². The second-order valence-corrected chi connectivity index (χ2v) is 5.46. The van der Waals surface area contributed by atoms with Crippen molar-refractivity contribution in [3.8, 4) is 5.75 Å². The van der Waals surface area contributed by atoms with Gasteiger partial charge in [0, 0.05) is 23.0 Å². The van der Waals surface area contributed by atoms with Crippen molar-refractivity contribution in [2.45, 2.75) is 20.4 Å². The van der Waals surface area contributed by atoms with Gasteiger partial charge in [0.2, 0.25) is 0 Å². The molecule has 0 aliphatic carbocycles. The lowest BCUT2D eigenvalue weighted by atomic mass is 10.0. The zero-order valence-electron chi connectivity index (χ0n) is 12.4. The van der Waals surface area contributed by atoms with E-state index >= 15 is 0 Å². The van der Waals surface area contributed by atoms with E-state index in [0.717, 1.165) is 23.0 Å². The average molecular weight is 277 g/mol. The van der Waals surface area contributed by atoms with E-state index in [1.165, 1.54) is 16.7 Å². The van der Waals surface area contributed by atoms with Crippen LogP contribution in [0.1, 0.15) is 16.7 Å². The van der Waals surface area contributed by atoms with Crippen LogP contribution < -0.4 is 5.32 Å². The second kappa shape index (κ2) is 5.49. The summed E-state index contributed by atoms with van der Waals surface area (Å²) < 4.78 is 0. The topological polar surface area (TPSA) is 32.3 Å². The molecule has 21 heavy (non-hydrogen) atoms. The molecule has 0 saturated heterocycles. The number of phenolic OH excluding ortho intramolecular Hbond substituents is 1. The lowest BCUT2D eigenvalue weighted by Crippen LogP contribution is -2.02. The molecule has 0 aliphatic rings. The Morgan fingerprint density at radius 1 is 0.905 bits per heavy atom. The van der Waals surface area contributed by atoms with Crippen LogP contribution in [0.4, 0.5) is 5.69 Å². The number of benzene rings is 3. The van der Waals surface area contributed by atoms with E-state index in [1.54, 1.807) is 6.07 Å². The summed E-state index contributed by atoms with van der Waals surface area (Å²) in [4.78, 5) is 0. The molecule has 0 heterocycles. The summed E-state index contributed by atoms with van der Waals surface area (Å²) >= 11 is 0. The van der Waals surface area contributed by atoms with Gasteiger partial charge in [0.05, 0.1) is 0 Å². The fraction of sp³-hybridized carbons (Fsp3) is 0.158. The Morgan fingerprint density at radius 2 is 1.67 bits per heavy atom. The van der Waals surface area contributed by atoms with Gasteiger partial charge in [-0.1, -0.05) is 48.0 Å². The first-order chi connectivity index (χ1) is 10.1. The average Bonchev–Trinajstić information content (AvgIpc) is 2.49. The molecular formula is C19H19NO. The quantitative estimate of drug-likeness (QED) is 0.722. The van der Waals surface area contributed by atoms with E-state index in [1.807, 2.05) is 30.3 Å². The second-order valence-electron chi connectivity index (χ2n) is 5.46. The van der Waals surface area contributed by atoms with Crippen LogP contribution in [-0.4, -0.2) is 5.11 Å². The molecule has 2 nitrogen and oxygen atoms in total. The number of aryl methyl sites for hydroxylation is 2. The van der Waals surface area contributed by atoms with Crippen molar-refractivity contribution >= 4 is 16.5 Å². The Labute approximate surface area is 125 Å². The molecule has 0 amide bonds. The van der Waals surface area contributed by atoms with Crippen molar-refractivity contribution < 1.29 is 5.11 Å². The van der Waals surface area contributed by atoms with Crippen LogP contribution in [0.15, 0.2) is 54.6 Å². The lowest BCUT2D eigenvalue weighted by molar-refractivity contribution is 0.481. The molecule has 3 aromatic rings. The van der Waals surface area contributed by atoms with Gasteiger partial charge in [0.15, 0.2) is 0 Å². The van der Waals surface area contributed by atoms with E-state index in [4.69, 9.17) is 0 Å². The van der Waals surface area contributed by atoms with Crippen LogP contribution in [0, 0.1) is 13.8 Å². The van der Waals surface area contributed by atoms with Gasteiger partial charge in [-0.05, 0) is 37.1 Å². The van der Waals surface area contributed by atoms with Crippen molar-refractivity contribution in [3.63, 3.8) is 0 Å². The number of aromatic hydroxyl groups is 1. The van der Waals surface area contributed by atoms with E-state index in [9.17, 15) is 5.11 Å². The van der Waals surface area contributed by atoms with Gasteiger partial charge >= 0.3 is 0 Å². The molecule has 2 N–H and O–H groups in total. The van der Waals surface area contributed by atoms with Gasteiger partial charge in [-0.25, -0.2) is 0 Å². The molecule has 0 atom stereocenters. The maximum absolute atomic E-state index is 9.93. The summed E-state index contributed by atoms with van der Waals surface area (Å²) in [7, 11) is 0. The normalized spacial score (nSPS) is 10.8. The van der Waals surface area contributed by atoms with Gasteiger partial charge in [-0.15, -0.1) is 0 Å². The molecule has 0 spiro atoms. The SMILES string of the molecule is Cc1ccc(C)c(CNc2cccc3c(O)cccc23)c1. The number of phenols is 1. The Hall–Kier alpha value is -2.48. The molecule has 0 bridgehead atoms. The van der Waals surface area contributed by atoms with Gasteiger partial charge < -0.3 is 10.4 Å². The summed E-state index contributed by atoms with van der Waals surface area (Å²) in [5.74, 6) is 0.322. The molecule has 3 rings (SSSR count). The summed E-state index contributed by atoms with van der Waals surface area (Å²) in [5, 5.41) is 15.3. The monoisotopic (exact) mass is 277 g/mol. The van der Waals surface area contributed by atoms with Crippen LogP contribution in [0.25, 0.3) is 10.8 Å². The fourth-order valence-corrected chi connectivity index (χ4v) is 2.63. The zero-order chi connectivity index (χ0) is 14.8. The van der Waals surface area contributed by atoms with Crippen molar-refractivity contribution in [2.24, 2.45) is 0 Å². The minimum absolute atomic E-state index is 0.322. The third kappa shape index (κ3) is 2.70. The van der Waals surface area contributed by atoms with E-state index in [0.29, 0.717) is 5.75 Å². The van der Waals surface area contributed by atoms with Gasteiger partial charge in [0.25, 0.3) is 0 Å². The Kier molecular flexibility index (Phi) is 3.53. The molecule has 0 fully saturated rings. The highest BCUT2D eigenvalue weighted by Crippen LogP contribution is 2.30. The van der Waals surface area contributed by atoms with Gasteiger partial charge in [-0.2, -0.15) is 0 Å². The number of nitrogens with one attached hydrogen (secondary N) is 1. The maximum Gasteiger partial charge on any atom is 0.123 e. The number of hydrogen-bond donors (Lipinski definition) is 2. The first-order valence-electron chi connectivity index (χ1n) is 7.16. The highest BCUT2D eigenvalue weighted by Gasteiger charge is 2.05. The van der Waals surface area contributed by atoms with Gasteiger partial charge in [-0.3, -0.25) is 0 Å². The molecule has 0 saturated carbocycles. The van der Waals surface area contributed by atoms with Crippen molar-refractivity contribution in [1.82, 2.24) is 0 Å². The Bertz CT molecular complexity index is 793. The van der Waals surface area contributed by atoms with Crippen LogP contribution in [0.2, 0.25) is 0 Å². The Balaban J connectivity index is 1.92. The highest BCUT2D eigenvalue weighted by molar-refractivity contribution is 5.97. The van der Waals surface area contributed by atoms with Crippen molar-refractivity contribution in [2.75, 3.05) is 5.32 Å². The minimum Gasteiger partial charge on any atom is -0.507 e. The van der Waals surface area contributed by atoms with Crippen LogP contribution in [-0.2, 0) is 6.54 Å². The molecular weight excluding hydrogens is 258 g/mol. The number of anilines is 1. The van der Waals surface area contributed by atoms with Gasteiger partial charge in [0.1, 0.15) is 5.75 Å². The summed E-state index contributed by atoms with van der Waals surface area (Å²) in [6, 6.07) is 18.1. The van der Waals surface area contributed by atoms with Crippen LogP contribution >= 0.6 is 0 Å². The molecule has 0 unspecified atom stereocenters. The molecule has 0 aromatic heterocycles. The number of hydrogen-bond acceptors (Lipinski definition) is 2. The largest absolute Gasteiger partial charge is 0.507 e. The molecule has 0 radical (unpaired) electrons. The van der Waals surface area contributed by atoms with Crippen LogP contribution in [0.3, 0.4) is 0 Å². The summed E-state index contributed by atoms with van der Waals surface area (Å²) in [6.07, 6.45) is 0. The molecule has 2 heteroatoms. The standard InChI is InChI=1S/C19H19NO/c1-13-9-10-14(2)15(11-13)12-20-18-7-3-6-17-16(18)5-4-8-19(17)21/h3-11,20-21H,12H2,1-2H3. The molecule has 106 valence electrons. The predicted molar refractivity (Wildman–Crippen MR) is 88.9 cm³/mol. The third-order valence-corrected chi connectivity index (χ3v) is 3.87. The molecule has 3 aromatic carbocycles. The minimum atomic E-state index is 0.322. The molecule has 0 aliphatic heterocycles. The maximum atomic E-state index is 9.93. The lowest BCUT2D eigenvalue weighted by Gasteiger charge is -2.12. The van der Waals surface area contributed by atoms with E-state index < -0.39 is 0 Å². The fourth-order valence-electron chi connectivity index (χ4n) is 2.63. The summed E-state index contributed by atoms with van der Waals surface area (Å²) in [5.41, 5.74) is 4.90. The first-order valence-corrected chi connectivity index (χ1v) is 7.16. The first kappa shape index (κ1) is 13.5. The summed E-state index contributed by atoms with van der Waals surface area (Å²) in [6.45, 7) is 5.02.